The molecule has 3 rings (SSSR count). The van der Waals surface area contributed by atoms with E-state index in [0.29, 0.717) is 0 Å². The smallest absolute Gasteiger partial charge is 0.173 e. The largest absolute Gasteiger partial charge is 0.497 e. The maximum atomic E-state index is 5.73. The number of nitrogens with zero attached hydrogens (tertiary/aromatic N) is 6. The molecule has 0 spiro atoms. The predicted molar refractivity (Wildman–Crippen MR) is 108 cm³/mol. The third-order valence-electron chi connectivity index (χ3n) is 5.33. The Bertz CT molecular complexity index is 777. The first kappa shape index (κ1) is 20.5. The van der Waals surface area contributed by atoms with Gasteiger partial charge in [-0.3, -0.25) is 4.90 Å². The Kier molecular flexibility index (Phi) is 6.20. The molecule has 8 nitrogen and oxygen atoms in total. The summed E-state index contributed by atoms with van der Waals surface area (Å²) in [6, 6.07) is 5.87. The van der Waals surface area contributed by atoms with E-state index in [1.54, 1.807) is 14.2 Å². The van der Waals surface area contributed by atoms with Crippen molar-refractivity contribution in [3.8, 4) is 11.5 Å². The summed E-state index contributed by atoms with van der Waals surface area (Å²) in [7, 11) is 3.35. The second-order valence-electron chi connectivity index (χ2n) is 8.10. The fourth-order valence-electron chi connectivity index (χ4n) is 3.72. The molecule has 0 bridgehead atoms. The van der Waals surface area contributed by atoms with Crippen molar-refractivity contribution in [3.63, 3.8) is 0 Å². The number of piperazine rings is 1. The van der Waals surface area contributed by atoms with Crippen LogP contribution in [-0.2, 0) is 5.54 Å². The Morgan fingerprint density at radius 2 is 1.79 bits per heavy atom. The number of benzene rings is 1. The summed E-state index contributed by atoms with van der Waals surface area (Å²) in [5.74, 6) is 2.39. The van der Waals surface area contributed by atoms with Crippen molar-refractivity contribution in [3.05, 3.63) is 29.6 Å². The lowest BCUT2D eigenvalue weighted by Crippen LogP contribution is -2.48. The zero-order valence-electron chi connectivity index (χ0n) is 17.8. The number of ether oxygens (including phenoxy) is 2. The maximum absolute atomic E-state index is 5.73. The van der Waals surface area contributed by atoms with Gasteiger partial charge in [-0.25, -0.2) is 4.68 Å². The van der Waals surface area contributed by atoms with Crippen molar-refractivity contribution in [1.29, 1.82) is 0 Å². The lowest BCUT2D eigenvalue weighted by Gasteiger charge is -2.39. The highest BCUT2D eigenvalue weighted by Gasteiger charge is 2.34. The molecule has 0 radical (unpaired) electrons. The van der Waals surface area contributed by atoms with Crippen LogP contribution in [0.15, 0.2) is 18.2 Å². The second-order valence-corrected chi connectivity index (χ2v) is 8.10. The number of aromatic nitrogens is 4. The van der Waals surface area contributed by atoms with Crippen LogP contribution in [0, 0.1) is 0 Å². The van der Waals surface area contributed by atoms with E-state index in [4.69, 9.17) is 9.47 Å². The minimum Gasteiger partial charge on any atom is -0.497 e. The maximum Gasteiger partial charge on any atom is 0.173 e. The van der Waals surface area contributed by atoms with E-state index in [9.17, 15) is 0 Å². The van der Waals surface area contributed by atoms with Gasteiger partial charge < -0.3 is 14.4 Å². The van der Waals surface area contributed by atoms with Crippen molar-refractivity contribution in [1.82, 2.24) is 30.0 Å². The summed E-state index contributed by atoms with van der Waals surface area (Å²) >= 11 is 0. The highest BCUT2D eigenvalue weighted by Crippen LogP contribution is 2.37. The monoisotopic (exact) mass is 388 g/mol. The van der Waals surface area contributed by atoms with Crippen LogP contribution in [0.4, 0.5) is 0 Å². The second kappa shape index (κ2) is 8.45. The van der Waals surface area contributed by atoms with Gasteiger partial charge >= 0.3 is 0 Å². The molecule has 0 saturated carbocycles. The number of likely N-dealkylation sites (N-methyl/N-ethyl adjacent to an activating group) is 1. The molecule has 1 saturated heterocycles. The predicted octanol–water partition coefficient (Wildman–Crippen LogP) is 2.17. The zero-order chi connectivity index (χ0) is 20.3. The molecule has 0 amide bonds. The van der Waals surface area contributed by atoms with Crippen LogP contribution < -0.4 is 9.47 Å². The van der Waals surface area contributed by atoms with Crippen LogP contribution in [0.25, 0.3) is 0 Å². The standard InChI is InChI=1S/C20H32N6O2/c1-7-24-10-12-25(13-11-24)18(19-21-22-23-26(19)20(2,3)4)16-9-8-15(27-5)14-17(16)28-6/h8-9,14,18H,7,10-13H2,1-6H3/t18-/m1/s1. The highest BCUT2D eigenvalue weighted by molar-refractivity contribution is 5.44. The molecule has 154 valence electrons. The van der Waals surface area contributed by atoms with E-state index in [0.717, 1.165) is 55.6 Å². The summed E-state index contributed by atoms with van der Waals surface area (Å²) in [4.78, 5) is 4.91. The molecule has 2 heterocycles. The minimum atomic E-state index is -0.220. The number of methoxy groups -OCH3 is 2. The van der Waals surface area contributed by atoms with Crippen molar-refractivity contribution in [2.45, 2.75) is 39.3 Å². The average molecular weight is 389 g/mol. The lowest BCUT2D eigenvalue weighted by atomic mass is 10.00. The van der Waals surface area contributed by atoms with Gasteiger partial charge in [-0.05, 0) is 49.9 Å². The number of hydrogen-bond donors (Lipinski definition) is 0. The third kappa shape index (κ3) is 4.12. The molecule has 1 atom stereocenters. The van der Waals surface area contributed by atoms with Crippen LogP contribution in [0.3, 0.4) is 0 Å². The fraction of sp³-hybridized carbons (Fsp3) is 0.650. The first-order valence-electron chi connectivity index (χ1n) is 9.86. The van der Waals surface area contributed by atoms with Gasteiger partial charge in [-0.2, -0.15) is 0 Å². The molecule has 1 aromatic carbocycles. The summed E-state index contributed by atoms with van der Waals surface area (Å²) < 4.78 is 13.0. The van der Waals surface area contributed by atoms with Gasteiger partial charge in [-0.1, -0.05) is 6.92 Å². The molecule has 0 unspecified atom stereocenters. The Labute approximate surface area is 167 Å². The molecule has 0 aliphatic carbocycles. The van der Waals surface area contributed by atoms with E-state index in [-0.39, 0.29) is 11.6 Å². The summed E-state index contributed by atoms with van der Waals surface area (Å²) in [5, 5.41) is 12.8. The van der Waals surface area contributed by atoms with E-state index in [1.807, 2.05) is 16.8 Å². The molecule has 8 heteroatoms. The van der Waals surface area contributed by atoms with Gasteiger partial charge in [0.25, 0.3) is 0 Å². The molecule has 0 N–H and O–H groups in total. The number of tetrazole rings is 1. The lowest BCUT2D eigenvalue weighted by molar-refractivity contribution is 0.105. The normalized spacial score (nSPS) is 17.5. The Hall–Kier alpha value is -2.19. The number of hydrogen-bond acceptors (Lipinski definition) is 7. The van der Waals surface area contributed by atoms with Crippen LogP contribution in [0.1, 0.15) is 45.1 Å². The van der Waals surface area contributed by atoms with Gasteiger partial charge in [-0.15, -0.1) is 5.10 Å². The van der Waals surface area contributed by atoms with Gasteiger partial charge in [0.2, 0.25) is 0 Å². The summed E-state index contributed by atoms with van der Waals surface area (Å²) in [5.41, 5.74) is 0.829. The van der Waals surface area contributed by atoms with Gasteiger partial charge in [0.1, 0.15) is 17.5 Å². The minimum absolute atomic E-state index is 0.0888. The Morgan fingerprint density at radius 3 is 2.36 bits per heavy atom. The van der Waals surface area contributed by atoms with E-state index in [2.05, 4.69) is 59.1 Å². The Morgan fingerprint density at radius 1 is 1.07 bits per heavy atom. The molecule has 28 heavy (non-hydrogen) atoms. The van der Waals surface area contributed by atoms with Crippen LogP contribution in [0.2, 0.25) is 0 Å². The van der Waals surface area contributed by atoms with Crippen molar-refractivity contribution in [2.75, 3.05) is 46.9 Å². The summed E-state index contributed by atoms with van der Waals surface area (Å²) in [6.07, 6.45) is 0. The van der Waals surface area contributed by atoms with Crippen LogP contribution in [-0.4, -0.2) is 77.0 Å². The van der Waals surface area contributed by atoms with E-state index in [1.165, 1.54) is 0 Å². The fourth-order valence-corrected chi connectivity index (χ4v) is 3.72. The van der Waals surface area contributed by atoms with Gasteiger partial charge in [0.05, 0.1) is 19.8 Å². The quantitative estimate of drug-likeness (QED) is 0.751. The molecule has 2 aromatic rings. The van der Waals surface area contributed by atoms with Crippen molar-refractivity contribution >= 4 is 0 Å². The first-order chi connectivity index (χ1) is 13.4. The summed E-state index contributed by atoms with van der Waals surface area (Å²) in [6.45, 7) is 13.6. The SMILES string of the molecule is CCN1CCN([C@H](c2ccc(OC)cc2OC)c2nnnn2C(C)(C)C)CC1. The van der Waals surface area contributed by atoms with E-state index < -0.39 is 0 Å². The van der Waals surface area contributed by atoms with E-state index >= 15 is 0 Å². The van der Waals surface area contributed by atoms with Gasteiger partial charge in [0.15, 0.2) is 5.82 Å². The average Bonchev–Trinajstić information content (AvgIpc) is 3.19. The van der Waals surface area contributed by atoms with Crippen LogP contribution in [0.5, 0.6) is 11.5 Å². The third-order valence-corrected chi connectivity index (χ3v) is 5.33. The zero-order valence-corrected chi connectivity index (χ0v) is 17.8. The highest BCUT2D eigenvalue weighted by atomic mass is 16.5. The molecule has 1 aliphatic heterocycles. The molecule has 1 fully saturated rings. The van der Waals surface area contributed by atoms with Crippen LogP contribution >= 0.6 is 0 Å². The Balaban J connectivity index is 2.07. The molecule has 1 aromatic heterocycles. The first-order valence-corrected chi connectivity index (χ1v) is 9.86. The van der Waals surface area contributed by atoms with Crippen molar-refractivity contribution in [2.24, 2.45) is 0 Å². The van der Waals surface area contributed by atoms with Crippen molar-refractivity contribution < 1.29 is 9.47 Å². The topological polar surface area (TPSA) is 68.5 Å². The molecular weight excluding hydrogens is 356 g/mol. The van der Waals surface area contributed by atoms with Gasteiger partial charge in [0, 0.05) is 37.8 Å². The molecule has 1 aliphatic rings. The molecular formula is C20H32N6O2. The number of rotatable bonds is 6.